The summed E-state index contributed by atoms with van der Waals surface area (Å²) in [4.78, 5) is 12.1. The zero-order valence-corrected chi connectivity index (χ0v) is 11.3. The van der Waals surface area contributed by atoms with E-state index in [1.165, 1.54) is 0 Å². The summed E-state index contributed by atoms with van der Waals surface area (Å²) in [5.74, 6) is 0.0833. The lowest BCUT2D eigenvalue weighted by molar-refractivity contribution is -0.126. The molecule has 0 radical (unpaired) electrons. The lowest BCUT2D eigenvalue weighted by Gasteiger charge is -2.15. The molecule has 1 aromatic rings. The zero-order valence-electron chi connectivity index (χ0n) is 11.3. The van der Waals surface area contributed by atoms with Gasteiger partial charge in [0, 0.05) is 12.2 Å². The monoisotopic (exact) mass is 264 g/mol. The van der Waals surface area contributed by atoms with Crippen LogP contribution < -0.4 is 11.1 Å². The highest BCUT2D eigenvalue weighted by Crippen LogP contribution is 2.26. The molecule has 1 aliphatic rings. The number of benzene rings is 1. The van der Waals surface area contributed by atoms with E-state index in [-0.39, 0.29) is 17.8 Å². The van der Waals surface area contributed by atoms with Crippen LogP contribution in [0.4, 0.5) is 5.69 Å². The molecule has 0 aromatic heterocycles. The van der Waals surface area contributed by atoms with E-state index >= 15 is 0 Å². The quantitative estimate of drug-likeness (QED) is 0.721. The topological polar surface area (TPSA) is 84.6 Å². The number of aromatic hydroxyl groups is 1. The second kappa shape index (κ2) is 5.59. The van der Waals surface area contributed by atoms with Crippen LogP contribution in [-0.4, -0.2) is 29.8 Å². The molecule has 1 aliphatic heterocycles. The summed E-state index contributed by atoms with van der Waals surface area (Å²) in [5, 5.41) is 12.4. The molecular formula is C14H20N2O3. The molecular weight excluding hydrogens is 244 g/mol. The number of aryl methyl sites for hydroxylation is 2. The van der Waals surface area contributed by atoms with E-state index in [0.717, 1.165) is 17.5 Å². The van der Waals surface area contributed by atoms with Crippen LogP contribution >= 0.6 is 0 Å². The van der Waals surface area contributed by atoms with Crippen LogP contribution in [0, 0.1) is 13.8 Å². The van der Waals surface area contributed by atoms with E-state index in [2.05, 4.69) is 5.32 Å². The summed E-state index contributed by atoms with van der Waals surface area (Å²) in [5.41, 5.74) is 7.79. The van der Waals surface area contributed by atoms with Crippen molar-refractivity contribution < 1.29 is 14.6 Å². The van der Waals surface area contributed by atoms with Gasteiger partial charge in [-0.15, -0.1) is 0 Å². The normalized spacial score (nSPS) is 22.5. The second-order valence-corrected chi connectivity index (χ2v) is 5.00. The van der Waals surface area contributed by atoms with Gasteiger partial charge in [0.15, 0.2) is 0 Å². The van der Waals surface area contributed by atoms with Gasteiger partial charge in [0.2, 0.25) is 0 Å². The van der Waals surface area contributed by atoms with Gasteiger partial charge in [0.1, 0.15) is 11.9 Å². The maximum atomic E-state index is 12.1. The Bertz CT molecular complexity index is 488. The highest BCUT2D eigenvalue weighted by Gasteiger charge is 2.30. The van der Waals surface area contributed by atoms with Gasteiger partial charge < -0.3 is 20.9 Å². The number of ether oxygens (including phenoxy) is 1. The molecule has 19 heavy (non-hydrogen) atoms. The molecule has 1 aromatic carbocycles. The zero-order chi connectivity index (χ0) is 14.0. The molecule has 0 aliphatic carbocycles. The van der Waals surface area contributed by atoms with Crippen LogP contribution in [0.5, 0.6) is 5.75 Å². The van der Waals surface area contributed by atoms with Gasteiger partial charge in [-0.05, 0) is 49.9 Å². The van der Waals surface area contributed by atoms with Crippen LogP contribution in [0.2, 0.25) is 0 Å². The molecule has 1 saturated heterocycles. The van der Waals surface area contributed by atoms with E-state index in [1.807, 2.05) is 6.92 Å². The highest BCUT2D eigenvalue weighted by atomic mass is 16.5. The number of anilines is 1. The van der Waals surface area contributed by atoms with Crippen LogP contribution in [0.3, 0.4) is 0 Å². The van der Waals surface area contributed by atoms with Crippen molar-refractivity contribution in [2.24, 2.45) is 5.73 Å². The molecule has 1 amide bonds. The number of hydrogen-bond donors (Lipinski definition) is 3. The minimum Gasteiger partial charge on any atom is -0.508 e. The van der Waals surface area contributed by atoms with Gasteiger partial charge in [-0.25, -0.2) is 0 Å². The van der Waals surface area contributed by atoms with Gasteiger partial charge in [0.05, 0.1) is 6.10 Å². The van der Waals surface area contributed by atoms with Crippen molar-refractivity contribution >= 4 is 11.6 Å². The smallest absolute Gasteiger partial charge is 0.253 e. The Morgan fingerprint density at radius 2 is 2.16 bits per heavy atom. The highest BCUT2D eigenvalue weighted by molar-refractivity contribution is 5.95. The number of hydrogen-bond acceptors (Lipinski definition) is 4. The first-order chi connectivity index (χ1) is 9.01. The Morgan fingerprint density at radius 1 is 1.42 bits per heavy atom. The lowest BCUT2D eigenvalue weighted by Crippen LogP contribution is -2.30. The molecule has 0 spiro atoms. The van der Waals surface area contributed by atoms with E-state index in [1.54, 1.807) is 19.1 Å². The summed E-state index contributed by atoms with van der Waals surface area (Å²) in [6.45, 7) is 4.08. The molecule has 0 bridgehead atoms. The first-order valence-corrected chi connectivity index (χ1v) is 6.48. The van der Waals surface area contributed by atoms with Crippen molar-refractivity contribution in [3.8, 4) is 5.75 Å². The summed E-state index contributed by atoms with van der Waals surface area (Å²) in [6.07, 6.45) is 1.08. The molecule has 5 heteroatoms. The average Bonchev–Trinajstić information content (AvgIpc) is 2.84. The SMILES string of the molecule is Cc1cc(NC(=O)C2CCC(CN)O2)c(C)cc1O. The third kappa shape index (κ3) is 3.05. The minimum absolute atomic E-state index is 0.0154. The molecule has 1 fully saturated rings. The van der Waals surface area contributed by atoms with Crippen molar-refractivity contribution in [3.05, 3.63) is 23.3 Å². The van der Waals surface area contributed by atoms with Crippen LogP contribution in [0.25, 0.3) is 0 Å². The fraction of sp³-hybridized carbons (Fsp3) is 0.500. The number of carbonyl (C=O) groups excluding carboxylic acids is 1. The lowest BCUT2D eigenvalue weighted by atomic mass is 10.1. The number of phenols is 1. The Balaban J connectivity index is 2.05. The molecule has 0 saturated carbocycles. The summed E-state index contributed by atoms with van der Waals surface area (Å²) < 4.78 is 5.55. The molecule has 5 nitrogen and oxygen atoms in total. The Labute approximate surface area is 112 Å². The Hall–Kier alpha value is -1.59. The number of carbonyl (C=O) groups is 1. The first kappa shape index (κ1) is 13.8. The third-order valence-corrected chi connectivity index (χ3v) is 3.46. The molecule has 2 rings (SSSR count). The molecule has 1 heterocycles. The Morgan fingerprint density at radius 3 is 2.79 bits per heavy atom. The van der Waals surface area contributed by atoms with E-state index in [4.69, 9.17) is 10.5 Å². The number of nitrogens with one attached hydrogen (secondary N) is 1. The molecule has 4 N–H and O–H groups in total. The summed E-state index contributed by atoms with van der Waals surface area (Å²) >= 11 is 0. The van der Waals surface area contributed by atoms with Gasteiger partial charge in [-0.1, -0.05) is 0 Å². The number of rotatable bonds is 3. The van der Waals surface area contributed by atoms with E-state index in [9.17, 15) is 9.90 Å². The summed E-state index contributed by atoms with van der Waals surface area (Å²) in [7, 11) is 0. The Kier molecular flexibility index (Phi) is 4.07. The van der Waals surface area contributed by atoms with Gasteiger partial charge >= 0.3 is 0 Å². The standard InChI is InChI=1S/C14H20N2O3/c1-8-6-12(17)9(2)5-11(8)16-14(18)13-4-3-10(7-15)19-13/h5-6,10,13,17H,3-4,7,15H2,1-2H3,(H,16,18). The molecule has 104 valence electrons. The van der Waals surface area contributed by atoms with Crippen LogP contribution in [0.15, 0.2) is 12.1 Å². The minimum atomic E-state index is -0.429. The predicted octanol–water partition coefficient (Wildman–Crippen LogP) is 1.45. The fourth-order valence-electron chi connectivity index (χ4n) is 2.22. The maximum Gasteiger partial charge on any atom is 0.253 e. The van der Waals surface area contributed by atoms with Crippen molar-refractivity contribution in [2.75, 3.05) is 11.9 Å². The fourth-order valence-corrected chi connectivity index (χ4v) is 2.22. The van der Waals surface area contributed by atoms with Gasteiger partial charge in [-0.3, -0.25) is 4.79 Å². The summed E-state index contributed by atoms with van der Waals surface area (Å²) in [6, 6.07) is 3.40. The van der Waals surface area contributed by atoms with Crippen molar-refractivity contribution in [2.45, 2.75) is 38.9 Å². The van der Waals surface area contributed by atoms with Crippen LogP contribution in [0.1, 0.15) is 24.0 Å². The largest absolute Gasteiger partial charge is 0.508 e. The van der Waals surface area contributed by atoms with E-state index in [0.29, 0.717) is 18.7 Å². The molecule has 2 atom stereocenters. The average molecular weight is 264 g/mol. The third-order valence-electron chi connectivity index (χ3n) is 3.46. The first-order valence-electron chi connectivity index (χ1n) is 6.48. The van der Waals surface area contributed by atoms with E-state index < -0.39 is 6.10 Å². The number of nitrogens with two attached hydrogens (primary N) is 1. The maximum absolute atomic E-state index is 12.1. The number of amides is 1. The predicted molar refractivity (Wildman–Crippen MR) is 73.2 cm³/mol. The number of phenolic OH excluding ortho intramolecular Hbond substituents is 1. The van der Waals surface area contributed by atoms with Gasteiger partial charge in [0.25, 0.3) is 5.91 Å². The van der Waals surface area contributed by atoms with Crippen molar-refractivity contribution in [3.63, 3.8) is 0 Å². The molecule has 2 unspecified atom stereocenters. The van der Waals surface area contributed by atoms with Crippen molar-refractivity contribution in [1.29, 1.82) is 0 Å². The van der Waals surface area contributed by atoms with Gasteiger partial charge in [-0.2, -0.15) is 0 Å². The van der Waals surface area contributed by atoms with Crippen molar-refractivity contribution in [1.82, 2.24) is 0 Å². The van der Waals surface area contributed by atoms with Crippen LogP contribution in [-0.2, 0) is 9.53 Å². The second-order valence-electron chi connectivity index (χ2n) is 5.00.